The van der Waals surface area contributed by atoms with Gasteiger partial charge in [-0.25, -0.2) is 9.13 Å². The Morgan fingerprint density at radius 1 is 0.337 bits per heavy atom. The normalized spacial score (nSPS) is 14.4. The number of phosphoric acid groups is 2. The SMILES string of the molecule is CCCCCC/C=C\C=C/CCCCCCCC(=O)O[C@H](COC(=O)CCCCCCC)COP(=O)(O)OC[C@H](O)COP(=O)(O)OC[C@@H](COC(=O)CCCCCCCCCCCCCCCC(C)C)OC(=O)CCCCCCCCCCCCCCCCCCCCC(C)CC. The summed E-state index contributed by atoms with van der Waals surface area (Å²) in [5.74, 6) is -0.495. The predicted octanol–water partition coefficient (Wildman–Crippen LogP) is 23.1. The van der Waals surface area contributed by atoms with Crippen LogP contribution in [0.4, 0.5) is 0 Å². The van der Waals surface area contributed by atoms with Gasteiger partial charge in [-0.3, -0.25) is 37.3 Å². The van der Waals surface area contributed by atoms with Crippen LogP contribution in [0.25, 0.3) is 0 Å². The number of carbonyl (C=O) groups is 4. The molecule has 0 aromatic rings. The van der Waals surface area contributed by atoms with Crippen molar-refractivity contribution in [3.8, 4) is 0 Å². The summed E-state index contributed by atoms with van der Waals surface area (Å²) in [6.45, 7) is 9.54. The number of hydrogen-bond donors (Lipinski definition) is 3. The minimum absolute atomic E-state index is 0.0842. The zero-order valence-corrected chi connectivity index (χ0v) is 65.4. The second-order valence-corrected chi connectivity index (χ2v) is 31.4. The van der Waals surface area contributed by atoms with Crippen molar-refractivity contribution in [3.05, 3.63) is 24.3 Å². The smallest absolute Gasteiger partial charge is 0.462 e. The number of ether oxygens (including phenoxy) is 4. The molecule has 6 atom stereocenters. The van der Waals surface area contributed by atoms with E-state index in [1.54, 1.807) is 0 Å². The summed E-state index contributed by atoms with van der Waals surface area (Å²) in [4.78, 5) is 72.6. The van der Waals surface area contributed by atoms with Crippen molar-refractivity contribution < 1.29 is 80.2 Å². The van der Waals surface area contributed by atoms with Gasteiger partial charge < -0.3 is 33.8 Å². The van der Waals surface area contributed by atoms with Crippen molar-refractivity contribution in [3.63, 3.8) is 0 Å². The van der Waals surface area contributed by atoms with Gasteiger partial charge >= 0.3 is 39.5 Å². The number of unbranched alkanes of at least 4 members (excludes halogenated alkanes) is 42. The van der Waals surface area contributed by atoms with Crippen molar-refractivity contribution >= 4 is 39.5 Å². The van der Waals surface area contributed by atoms with Crippen molar-refractivity contribution in [2.45, 2.75) is 407 Å². The third-order valence-corrected chi connectivity index (χ3v) is 20.1. The van der Waals surface area contributed by atoms with Crippen LogP contribution in [0.15, 0.2) is 24.3 Å². The first-order valence-electron chi connectivity index (χ1n) is 40.3. The fourth-order valence-corrected chi connectivity index (χ4v) is 13.2. The van der Waals surface area contributed by atoms with Crippen LogP contribution in [0.3, 0.4) is 0 Å². The molecule has 98 heavy (non-hydrogen) atoms. The van der Waals surface area contributed by atoms with Crippen molar-refractivity contribution in [2.24, 2.45) is 11.8 Å². The van der Waals surface area contributed by atoms with E-state index in [1.807, 2.05) is 0 Å². The van der Waals surface area contributed by atoms with Crippen LogP contribution in [-0.4, -0.2) is 96.7 Å². The molecular weight excluding hydrogens is 1280 g/mol. The minimum Gasteiger partial charge on any atom is -0.462 e. The largest absolute Gasteiger partial charge is 0.472 e. The maximum Gasteiger partial charge on any atom is 0.472 e. The van der Waals surface area contributed by atoms with E-state index in [-0.39, 0.29) is 25.7 Å². The Kier molecular flexibility index (Phi) is 68.5. The summed E-state index contributed by atoms with van der Waals surface area (Å²) in [7, 11) is -9.92. The van der Waals surface area contributed by atoms with Crippen molar-refractivity contribution in [1.29, 1.82) is 0 Å². The highest BCUT2D eigenvalue weighted by Crippen LogP contribution is 2.45. The van der Waals surface area contributed by atoms with Crippen LogP contribution in [0, 0.1) is 11.8 Å². The zero-order valence-electron chi connectivity index (χ0n) is 63.6. The molecule has 19 heteroatoms. The first kappa shape index (κ1) is 95.5. The third kappa shape index (κ3) is 70.6. The van der Waals surface area contributed by atoms with E-state index in [4.69, 9.17) is 37.0 Å². The quantitative estimate of drug-likeness (QED) is 0.0169. The van der Waals surface area contributed by atoms with Gasteiger partial charge in [0.1, 0.15) is 19.3 Å². The minimum atomic E-state index is -4.96. The Bertz CT molecular complexity index is 1990. The lowest BCUT2D eigenvalue weighted by molar-refractivity contribution is -0.161. The molecule has 0 aliphatic carbocycles. The maximum absolute atomic E-state index is 13.1. The van der Waals surface area contributed by atoms with Gasteiger partial charge in [-0.15, -0.1) is 0 Å². The molecule has 0 fully saturated rings. The number of phosphoric ester groups is 2. The molecule has 0 aromatic heterocycles. The van der Waals surface area contributed by atoms with Crippen LogP contribution in [-0.2, 0) is 65.4 Å². The molecule has 0 radical (unpaired) electrons. The van der Waals surface area contributed by atoms with Crippen LogP contribution < -0.4 is 0 Å². The Hall–Kier alpha value is -2.46. The molecular formula is C79H150O17P2. The number of aliphatic hydroxyl groups excluding tert-OH is 1. The zero-order chi connectivity index (χ0) is 72.1. The number of hydrogen-bond acceptors (Lipinski definition) is 15. The molecule has 578 valence electrons. The number of carbonyl (C=O) groups excluding carboxylic acids is 4. The van der Waals surface area contributed by atoms with Crippen LogP contribution in [0.1, 0.15) is 388 Å². The summed E-state index contributed by atoms with van der Waals surface area (Å²) in [5, 5.41) is 10.6. The second-order valence-electron chi connectivity index (χ2n) is 28.5. The molecule has 3 N–H and O–H groups in total. The fraction of sp³-hybridized carbons (Fsp3) is 0.899. The molecule has 0 rings (SSSR count). The van der Waals surface area contributed by atoms with Gasteiger partial charge in [0.05, 0.1) is 26.4 Å². The average molecular weight is 1430 g/mol. The summed E-state index contributed by atoms with van der Waals surface area (Å²) in [5.41, 5.74) is 0. The molecule has 0 aromatic carbocycles. The van der Waals surface area contributed by atoms with Gasteiger partial charge in [-0.1, -0.05) is 336 Å². The van der Waals surface area contributed by atoms with Crippen LogP contribution in [0.2, 0.25) is 0 Å². The van der Waals surface area contributed by atoms with Crippen LogP contribution >= 0.6 is 15.6 Å². The predicted molar refractivity (Wildman–Crippen MR) is 400 cm³/mol. The molecule has 0 aliphatic rings. The summed E-state index contributed by atoms with van der Waals surface area (Å²) >= 11 is 0. The Labute approximate surface area is 599 Å². The van der Waals surface area contributed by atoms with E-state index in [9.17, 15) is 43.2 Å². The maximum atomic E-state index is 13.1. The standard InChI is InChI=1S/C79H150O17P2/c1-7-10-12-14-15-16-17-18-23-29-35-40-45-51-57-63-78(83)95-74(67-89-76(81)61-55-47-13-11-8-2)69-93-97(85,86)91-65-73(80)66-92-98(87,88)94-70-75(68-90-77(82)62-56-50-44-39-34-31-26-27-32-37-42-48-53-59-71(4)5)96-79(84)64-58-52-46-41-36-30-25-22-20-19-21-24-28-33-38-43-49-54-60-72(6)9-3/h16-18,23,71-75,80H,7-15,19-22,24-70H2,1-6H3,(H,85,86)(H,87,88)/b17-16-,23-18-/t72?,73-,74+,75+/m0/s1. The van der Waals surface area contributed by atoms with Crippen molar-refractivity contribution in [2.75, 3.05) is 39.6 Å². The van der Waals surface area contributed by atoms with Crippen molar-refractivity contribution in [1.82, 2.24) is 0 Å². The van der Waals surface area contributed by atoms with E-state index in [2.05, 4.69) is 65.8 Å². The number of rotatable bonds is 76. The van der Waals surface area contributed by atoms with Gasteiger partial charge in [0.15, 0.2) is 12.2 Å². The monoisotopic (exact) mass is 1430 g/mol. The highest BCUT2D eigenvalue weighted by atomic mass is 31.2. The topological polar surface area (TPSA) is 237 Å². The lowest BCUT2D eigenvalue weighted by Crippen LogP contribution is -2.30. The Morgan fingerprint density at radius 2 is 0.602 bits per heavy atom. The molecule has 0 amide bonds. The first-order valence-corrected chi connectivity index (χ1v) is 43.3. The molecule has 0 spiro atoms. The molecule has 0 bridgehead atoms. The van der Waals surface area contributed by atoms with Gasteiger partial charge in [-0.2, -0.15) is 0 Å². The molecule has 0 saturated carbocycles. The third-order valence-electron chi connectivity index (χ3n) is 18.2. The summed E-state index contributed by atoms with van der Waals surface area (Å²) < 4.78 is 68.3. The number of aliphatic hydroxyl groups is 1. The number of allylic oxidation sites excluding steroid dienone is 4. The van der Waals surface area contributed by atoms with E-state index >= 15 is 0 Å². The van der Waals surface area contributed by atoms with Gasteiger partial charge in [0.25, 0.3) is 0 Å². The second kappa shape index (κ2) is 70.2. The Balaban J connectivity index is 5.15. The van der Waals surface area contributed by atoms with Gasteiger partial charge in [-0.05, 0) is 63.2 Å². The van der Waals surface area contributed by atoms with Gasteiger partial charge in [0.2, 0.25) is 0 Å². The lowest BCUT2D eigenvalue weighted by atomic mass is 9.99. The molecule has 3 unspecified atom stereocenters. The van der Waals surface area contributed by atoms with E-state index in [0.717, 1.165) is 121 Å². The summed E-state index contributed by atoms with van der Waals surface area (Å²) in [6.07, 6.45) is 62.3. The molecule has 0 heterocycles. The van der Waals surface area contributed by atoms with E-state index < -0.39 is 97.5 Å². The van der Waals surface area contributed by atoms with E-state index in [0.29, 0.717) is 25.7 Å². The first-order chi connectivity index (χ1) is 47.4. The molecule has 17 nitrogen and oxygen atoms in total. The molecule has 0 aliphatic heterocycles. The summed E-state index contributed by atoms with van der Waals surface area (Å²) in [6, 6.07) is 0. The highest BCUT2D eigenvalue weighted by Gasteiger charge is 2.30. The molecule has 0 saturated heterocycles. The lowest BCUT2D eigenvalue weighted by Gasteiger charge is -2.21. The number of esters is 4. The fourth-order valence-electron chi connectivity index (χ4n) is 11.6. The van der Waals surface area contributed by atoms with Gasteiger partial charge in [0, 0.05) is 25.7 Å². The Morgan fingerprint density at radius 3 is 0.918 bits per heavy atom. The van der Waals surface area contributed by atoms with Crippen LogP contribution in [0.5, 0.6) is 0 Å². The van der Waals surface area contributed by atoms with E-state index in [1.165, 1.54) is 186 Å². The average Bonchev–Trinajstić information content (AvgIpc) is 1.22. The highest BCUT2D eigenvalue weighted by molar-refractivity contribution is 7.47.